The van der Waals surface area contributed by atoms with Crippen molar-refractivity contribution in [3.05, 3.63) is 75.3 Å². The second-order valence-corrected chi connectivity index (χ2v) is 5.73. The number of hydrogen-bond acceptors (Lipinski definition) is 3. The zero-order chi connectivity index (χ0) is 16.9. The number of nitro benzene ring substituents is 1. The number of nitro groups is 1. The Bertz CT molecular complexity index is 773. The van der Waals surface area contributed by atoms with Crippen LogP contribution in [0, 0.1) is 10.1 Å². The van der Waals surface area contributed by atoms with E-state index in [4.69, 9.17) is 0 Å². The summed E-state index contributed by atoms with van der Waals surface area (Å²) in [6, 6.07) is 15.2. The molecule has 0 unspecified atom stereocenters. The Morgan fingerprint density at radius 3 is 2.67 bits per heavy atom. The SMILES string of the molecule is CN=C(NCc1ccccc1[N+](=O)[O-])N1CCc2ccccc2C1. The summed E-state index contributed by atoms with van der Waals surface area (Å²) in [4.78, 5) is 17.3. The smallest absolute Gasteiger partial charge is 0.274 e. The third kappa shape index (κ3) is 3.37. The maximum absolute atomic E-state index is 11.1. The highest BCUT2D eigenvalue weighted by atomic mass is 16.6. The van der Waals surface area contributed by atoms with Crippen molar-refractivity contribution in [3.8, 4) is 0 Å². The number of rotatable bonds is 3. The van der Waals surface area contributed by atoms with E-state index in [1.807, 2.05) is 12.1 Å². The van der Waals surface area contributed by atoms with Crippen molar-refractivity contribution in [2.75, 3.05) is 13.6 Å². The molecule has 0 bridgehead atoms. The molecule has 124 valence electrons. The molecular weight excluding hydrogens is 304 g/mol. The zero-order valence-electron chi connectivity index (χ0n) is 13.6. The van der Waals surface area contributed by atoms with Gasteiger partial charge in [0.1, 0.15) is 0 Å². The van der Waals surface area contributed by atoms with Gasteiger partial charge >= 0.3 is 0 Å². The first-order valence-electron chi connectivity index (χ1n) is 7.93. The van der Waals surface area contributed by atoms with E-state index in [0.717, 1.165) is 25.5 Å². The third-order valence-corrected chi connectivity index (χ3v) is 4.27. The first-order valence-corrected chi connectivity index (χ1v) is 7.93. The van der Waals surface area contributed by atoms with Crippen molar-refractivity contribution in [3.63, 3.8) is 0 Å². The molecule has 0 spiro atoms. The Kier molecular flexibility index (Phi) is 4.74. The summed E-state index contributed by atoms with van der Waals surface area (Å²) in [5.74, 6) is 0.766. The lowest BCUT2D eigenvalue weighted by Gasteiger charge is -2.31. The molecule has 0 fully saturated rings. The van der Waals surface area contributed by atoms with Crippen molar-refractivity contribution >= 4 is 11.6 Å². The molecule has 1 heterocycles. The monoisotopic (exact) mass is 324 g/mol. The largest absolute Gasteiger partial charge is 0.352 e. The molecule has 2 aromatic carbocycles. The van der Waals surface area contributed by atoms with Gasteiger partial charge in [-0.1, -0.05) is 42.5 Å². The lowest BCUT2D eigenvalue weighted by Crippen LogP contribution is -2.43. The lowest BCUT2D eigenvalue weighted by molar-refractivity contribution is -0.385. The van der Waals surface area contributed by atoms with E-state index in [1.54, 1.807) is 19.2 Å². The minimum absolute atomic E-state index is 0.129. The van der Waals surface area contributed by atoms with Crippen LogP contribution in [0.5, 0.6) is 0 Å². The Morgan fingerprint density at radius 2 is 1.92 bits per heavy atom. The normalized spacial score (nSPS) is 14.2. The Labute approximate surface area is 141 Å². The first kappa shape index (κ1) is 16.0. The van der Waals surface area contributed by atoms with Crippen molar-refractivity contribution in [1.82, 2.24) is 10.2 Å². The lowest BCUT2D eigenvalue weighted by atomic mass is 10.0. The van der Waals surface area contributed by atoms with E-state index in [-0.39, 0.29) is 10.6 Å². The number of para-hydroxylation sites is 1. The number of benzene rings is 2. The van der Waals surface area contributed by atoms with E-state index in [2.05, 4.69) is 33.4 Å². The van der Waals surface area contributed by atoms with Gasteiger partial charge in [-0.05, 0) is 17.5 Å². The summed E-state index contributed by atoms with van der Waals surface area (Å²) in [7, 11) is 1.74. The van der Waals surface area contributed by atoms with Crippen molar-refractivity contribution in [1.29, 1.82) is 0 Å². The predicted molar refractivity (Wildman–Crippen MR) is 93.9 cm³/mol. The average molecular weight is 324 g/mol. The topological polar surface area (TPSA) is 70.8 Å². The van der Waals surface area contributed by atoms with Crippen LogP contribution in [0.1, 0.15) is 16.7 Å². The van der Waals surface area contributed by atoms with E-state index in [0.29, 0.717) is 12.1 Å². The Balaban J connectivity index is 1.70. The number of nitrogens with zero attached hydrogens (tertiary/aromatic N) is 3. The van der Waals surface area contributed by atoms with Gasteiger partial charge in [0.05, 0.1) is 4.92 Å². The molecule has 1 N–H and O–H groups in total. The highest BCUT2D eigenvalue weighted by Crippen LogP contribution is 2.20. The second-order valence-electron chi connectivity index (χ2n) is 5.73. The van der Waals surface area contributed by atoms with E-state index >= 15 is 0 Å². The van der Waals surface area contributed by atoms with E-state index < -0.39 is 0 Å². The number of aliphatic imine (C=N–C) groups is 1. The van der Waals surface area contributed by atoms with Crippen LogP contribution in [-0.4, -0.2) is 29.4 Å². The van der Waals surface area contributed by atoms with Crippen LogP contribution in [0.3, 0.4) is 0 Å². The van der Waals surface area contributed by atoms with Crippen LogP contribution < -0.4 is 5.32 Å². The number of nitrogens with one attached hydrogen (secondary N) is 1. The van der Waals surface area contributed by atoms with Gasteiger partial charge in [0.25, 0.3) is 5.69 Å². The van der Waals surface area contributed by atoms with Crippen molar-refractivity contribution < 1.29 is 4.92 Å². The van der Waals surface area contributed by atoms with Gasteiger partial charge in [-0.15, -0.1) is 0 Å². The zero-order valence-corrected chi connectivity index (χ0v) is 13.6. The van der Waals surface area contributed by atoms with Crippen molar-refractivity contribution in [2.45, 2.75) is 19.5 Å². The molecule has 6 nitrogen and oxygen atoms in total. The quantitative estimate of drug-likeness (QED) is 0.408. The molecule has 0 radical (unpaired) electrons. The summed E-state index contributed by atoms with van der Waals surface area (Å²) < 4.78 is 0. The average Bonchev–Trinajstić information content (AvgIpc) is 2.62. The number of hydrogen-bond donors (Lipinski definition) is 1. The van der Waals surface area contributed by atoms with Gasteiger partial charge in [-0.3, -0.25) is 15.1 Å². The number of fused-ring (bicyclic) bond motifs is 1. The molecule has 1 aliphatic heterocycles. The molecule has 2 aromatic rings. The fourth-order valence-electron chi connectivity index (χ4n) is 3.02. The standard InChI is InChI=1S/C18H20N4O2/c1-19-18(20-12-15-7-4-5-9-17(15)22(23)24)21-11-10-14-6-2-3-8-16(14)13-21/h2-9H,10-13H2,1H3,(H,19,20). The van der Waals surface area contributed by atoms with Gasteiger partial charge in [-0.2, -0.15) is 0 Å². The molecule has 0 amide bonds. The Morgan fingerprint density at radius 1 is 1.21 bits per heavy atom. The van der Waals surface area contributed by atoms with Gasteiger partial charge < -0.3 is 10.2 Å². The maximum atomic E-state index is 11.1. The minimum Gasteiger partial charge on any atom is -0.352 e. The summed E-state index contributed by atoms with van der Waals surface area (Å²) >= 11 is 0. The maximum Gasteiger partial charge on any atom is 0.274 e. The highest BCUT2D eigenvalue weighted by Gasteiger charge is 2.19. The summed E-state index contributed by atoms with van der Waals surface area (Å²) in [5.41, 5.74) is 3.46. The van der Waals surface area contributed by atoms with Crippen LogP contribution >= 0.6 is 0 Å². The fourth-order valence-corrected chi connectivity index (χ4v) is 3.02. The van der Waals surface area contributed by atoms with E-state index in [9.17, 15) is 10.1 Å². The molecule has 0 aromatic heterocycles. The first-order chi connectivity index (χ1) is 11.7. The van der Waals surface area contributed by atoms with Crippen LogP contribution in [0.15, 0.2) is 53.5 Å². The minimum atomic E-state index is -0.350. The van der Waals surface area contributed by atoms with Crippen molar-refractivity contribution in [2.24, 2.45) is 4.99 Å². The van der Waals surface area contributed by atoms with E-state index in [1.165, 1.54) is 17.2 Å². The Hall–Kier alpha value is -2.89. The van der Waals surface area contributed by atoms with Crippen LogP contribution in [0.2, 0.25) is 0 Å². The third-order valence-electron chi connectivity index (χ3n) is 4.27. The van der Waals surface area contributed by atoms with Crippen LogP contribution in [0.25, 0.3) is 0 Å². The second kappa shape index (κ2) is 7.12. The summed E-state index contributed by atoms with van der Waals surface area (Å²) in [5, 5.41) is 14.4. The van der Waals surface area contributed by atoms with Crippen LogP contribution in [0.4, 0.5) is 5.69 Å². The fraction of sp³-hybridized carbons (Fsp3) is 0.278. The molecule has 0 saturated heterocycles. The molecule has 0 saturated carbocycles. The van der Waals surface area contributed by atoms with Gasteiger partial charge in [0.15, 0.2) is 5.96 Å². The number of guanidine groups is 1. The molecular formula is C18H20N4O2. The molecule has 3 rings (SSSR count). The molecule has 6 heteroatoms. The highest BCUT2D eigenvalue weighted by molar-refractivity contribution is 5.80. The summed E-state index contributed by atoms with van der Waals surface area (Å²) in [6.07, 6.45) is 0.975. The van der Waals surface area contributed by atoms with Gasteiger partial charge in [-0.25, -0.2) is 0 Å². The van der Waals surface area contributed by atoms with Crippen LogP contribution in [-0.2, 0) is 19.5 Å². The van der Waals surface area contributed by atoms with Gasteiger partial charge in [0.2, 0.25) is 0 Å². The molecule has 0 atom stereocenters. The predicted octanol–water partition coefficient (Wildman–Crippen LogP) is 2.73. The molecule has 0 aliphatic carbocycles. The molecule has 24 heavy (non-hydrogen) atoms. The van der Waals surface area contributed by atoms with Gasteiger partial charge in [0, 0.05) is 38.3 Å². The molecule has 1 aliphatic rings. The summed E-state index contributed by atoms with van der Waals surface area (Å²) in [6.45, 7) is 2.06.